The molecule has 0 saturated carbocycles. The predicted octanol–water partition coefficient (Wildman–Crippen LogP) is 2.57. The van der Waals surface area contributed by atoms with E-state index in [9.17, 15) is 9.59 Å². The third kappa shape index (κ3) is 3.53. The van der Waals surface area contributed by atoms with E-state index in [4.69, 9.17) is 0 Å². The molecule has 0 aromatic heterocycles. The number of carbonyl (C=O) groups excluding carboxylic acids is 2. The van der Waals surface area contributed by atoms with Gasteiger partial charge in [-0.3, -0.25) is 9.59 Å². The summed E-state index contributed by atoms with van der Waals surface area (Å²) in [4.78, 5) is 26.7. The average Bonchev–Trinajstić information content (AvgIpc) is 2.19. The van der Waals surface area contributed by atoms with E-state index in [0.29, 0.717) is 0 Å². The van der Waals surface area contributed by atoms with E-state index < -0.39 is 12.1 Å². The third-order valence-electron chi connectivity index (χ3n) is 3.85. The normalized spacial score (nSPS) is 25.1. The number of rotatable bonds is 3. The lowest BCUT2D eigenvalue weighted by atomic mass is 9.79. The summed E-state index contributed by atoms with van der Waals surface area (Å²) in [5.41, 5.74) is -0.232. The number of hydrogen-bond donors (Lipinski definition) is 1. The van der Waals surface area contributed by atoms with E-state index in [1.807, 2.05) is 20.8 Å². The second kappa shape index (κ2) is 5.38. The Bertz CT molecular complexity index is 394. The number of nitrogens with one attached hydrogen (secondary N) is 1. The molecule has 0 aromatic carbocycles. The van der Waals surface area contributed by atoms with Gasteiger partial charge in [-0.15, -0.1) is 0 Å². The van der Waals surface area contributed by atoms with Gasteiger partial charge >= 0.3 is 0 Å². The van der Waals surface area contributed by atoms with Crippen molar-refractivity contribution in [2.24, 2.45) is 11.3 Å². The van der Waals surface area contributed by atoms with E-state index in [1.54, 1.807) is 4.90 Å². The van der Waals surface area contributed by atoms with Gasteiger partial charge in [-0.1, -0.05) is 34.6 Å². The highest BCUT2D eigenvalue weighted by molar-refractivity contribution is 5.97. The van der Waals surface area contributed by atoms with Crippen LogP contribution in [0, 0.1) is 11.3 Å². The van der Waals surface area contributed by atoms with Crippen molar-refractivity contribution in [3.63, 3.8) is 0 Å². The fraction of sp³-hybridized carbons (Fsp3) is 0.875. The Hall–Kier alpha value is -1.06. The molecular weight excluding hydrogens is 252 g/mol. The van der Waals surface area contributed by atoms with E-state index in [2.05, 4.69) is 39.9 Å². The number of piperazine rings is 1. The number of amides is 2. The smallest absolute Gasteiger partial charge is 0.246 e. The molecule has 0 aliphatic carbocycles. The van der Waals surface area contributed by atoms with Crippen LogP contribution in [0.25, 0.3) is 0 Å². The quantitative estimate of drug-likeness (QED) is 0.865. The van der Waals surface area contributed by atoms with Crippen molar-refractivity contribution in [3.05, 3.63) is 0 Å². The molecule has 2 atom stereocenters. The summed E-state index contributed by atoms with van der Waals surface area (Å²) in [6, 6.07) is -0.812. The molecule has 0 bridgehead atoms. The van der Waals surface area contributed by atoms with Crippen LogP contribution in [0.4, 0.5) is 0 Å². The lowest BCUT2D eigenvalue weighted by molar-refractivity contribution is -0.157. The summed E-state index contributed by atoms with van der Waals surface area (Å²) in [7, 11) is 0. The topological polar surface area (TPSA) is 49.4 Å². The third-order valence-corrected chi connectivity index (χ3v) is 3.85. The largest absolute Gasteiger partial charge is 0.342 e. The Morgan fingerprint density at radius 3 is 2.05 bits per heavy atom. The molecule has 1 heterocycles. The number of carbonyl (C=O) groups is 2. The van der Waals surface area contributed by atoms with Gasteiger partial charge in [0, 0.05) is 5.54 Å². The van der Waals surface area contributed by atoms with Crippen LogP contribution in [0.2, 0.25) is 0 Å². The van der Waals surface area contributed by atoms with Crippen molar-refractivity contribution >= 4 is 11.8 Å². The molecule has 1 N–H and O–H groups in total. The molecule has 20 heavy (non-hydrogen) atoms. The van der Waals surface area contributed by atoms with Crippen LogP contribution in [0.5, 0.6) is 0 Å². The Kier molecular flexibility index (Phi) is 4.57. The maximum atomic E-state index is 12.8. The van der Waals surface area contributed by atoms with E-state index in [0.717, 1.165) is 6.42 Å². The second-order valence-corrected chi connectivity index (χ2v) is 8.16. The van der Waals surface area contributed by atoms with Gasteiger partial charge in [-0.05, 0) is 38.5 Å². The zero-order valence-electron chi connectivity index (χ0n) is 14.2. The molecule has 1 aliphatic rings. The molecular formula is C16H30N2O2. The zero-order chi connectivity index (χ0) is 15.9. The Labute approximate surface area is 123 Å². The SMILES string of the molecule is CC(C)C1NC(=O)C(C)N(C(C)(C)CC(C)(C)C)C1=O. The van der Waals surface area contributed by atoms with Crippen molar-refractivity contribution in [1.82, 2.24) is 10.2 Å². The predicted molar refractivity (Wildman–Crippen MR) is 81.2 cm³/mol. The highest BCUT2D eigenvalue weighted by Crippen LogP contribution is 2.34. The zero-order valence-corrected chi connectivity index (χ0v) is 14.2. The Morgan fingerprint density at radius 2 is 1.65 bits per heavy atom. The summed E-state index contributed by atoms with van der Waals surface area (Å²) in [6.07, 6.45) is 0.855. The molecule has 1 rings (SSSR count). The summed E-state index contributed by atoms with van der Waals surface area (Å²) >= 11 is 0. The fourth-order valence-corrected chi connectivity index (χ4v) is 3.45. The molecule has 1 saturated heterocycles. The standard InChI is InChI=1S/C16H30N2O2/c1-10(2)12-14(20)18(11(3)13(19)17-12)16(7,8)9-15(4,5)6/h10-12H,9H2,1-8H3,(H,17,19). The van der Waals surface area contributed by atoms with Crippen molar-refractivity contribution < 1.29 is 9.59 Å². The average molecular weight is 282 g/mol. The maximum absolute atomic E-state index is 12.8. The van der Waals surface area contributed by atoms with Crippen LogP contribution < -0.4 is 5.32 Å². The minimum absolute atomic E-state index is 0.0429. The fourth-order valence-electron chi connectivity index (χ4n) is 3.45. The van der Waals surface area contributed by atoms with Crippen LogP contribution in [0.15, 0.2) is 0 Å². The van der Waals surface area contributed by atoms with Crippen LogP contribution >= 0.6 is 0 Å². The van der Waals surface area contributed by atoms with E-state index >= 15 is 0 Å². The van der Waals surface area contributed by atoms with Gasteiger partial charge in [0.25, 0.3) is 0 Å². The Balaban J connectivity index is 3.11. The first-order valence-corrected chi connectivity index (χ1v) is 7.50. The summed E-state index contributed by atoms with van der Waals surface area (Å²) < 4.78 is 0. The Morgan fingerprint density at radius 1 is 1.15 bits per heavy atom. The molecule has 0 aromatic rings. The molecule has 0 radical (unpaired) electrons. The maximum Gasteiger partial charge on any atom is 0.246 e. The molecule has 0 spiro atoms. The first-order chi connectivity index (χ1) is 8.87. The van der Waals surface area contributed by atoms with Gasteiger partial charge < -0.3 is 10.2 Å². The highest BCUT2D eigenvalue weighted by Gasteiger charge is 2.46. The number of hydrogen-bond acceptors (Lipinski definition) is 2. The monoisotopic (exact) mass is 282 g/mol. The summed E-state index contributed by atoms with van der Waals surface area (Å²) in [6.45, 7) is 16.3. The van der Waals surface area contributed by atoms with Gasteiger partial charge in [0.05, 0.1) is 0 Å². The molecule has 2 unspecified atom stereocenters. The van der Waals surface area contributed by atoms with Crippen molar-refractivity contribution in [1.29, 1.82) is 0 Å². The van der Waals surface area contributed by atoms with Crippen LogP contribution in [0.1, 0.15) is 61.8 Å². The van der Waals surface area contributed by atoms with E-state index in [1.165, 1.54) is 0 Å². The lowest BCUT2D eigenvalue weighted by Crippen LogP contribution is -2.69. The lowest BCUT2D eigenvalue weighted by Gasteiger charge is -2.49. The van der Waals surface area contributed by atoms with Crippen molar-refractivity contribution in [3.8, 4) is 0 Å². The van der Waals surface area contributed by atoms with Gasteiger partial charge in [-0.25, -0.2) is 0 Å². The van der Waals surface area contributed by atoms with Gasteiger partial charge in [-0.2, -0.15) is 0 Å². The van der Waals surface area contributed by atoms with E-state index in [-0.39, 0.29) is 28.7 Å². The molecule has 1 fully saturated rings. The van der Waals surface area contributed by atoms with Crippen molar-refractivity contribution in [2.75, 3.05) is 0 Å². The summed E-state index contributed by atoms with van der Waals surface area (Å²) in [5, 5.41) is 2.85. The molecule has 1 aliphatic heterocycles. The molecule has 4 heteroatoms. The summed E-state index contributed by atoms with van der Waals surface area (Å²) in [5.74, 6) is 0.0959. The highest BCUT2D eigenvalue weighted by atomic mass is 16.2. The molecule has 2 amide bonds. The second-order valence-electron chi connectivity index (χ2n) is 8.16. The molecule has 4 nitrogen and oxygen atoms in total. The van der Waals surface area contributed by atoms with Crippen LogP contribution in [-0.2, 0) is 9.59 Å². The van der Waals surface area contributed by atoms with Crippen molar-refractivity contribution in [2.45, 2.75) is 79.4 Å². The van der Waals surface area contributed by atoms with Crippen LogP contribution in [-0.4, -0.2) is 34.3 Å². The van der Waals surface area contributed by atoms with Gasteiger partial charge in [0.15, 0.2) is 0 Å². The van der Waals surface area contributed by atoms with Gasteiger partial charge in [0.1, 0.15) is 12.1 Å². The van der Waals surface area contributed by atoms with Crippen LogP contribution in [0.3, 0.4) is 0 Å². The minimum atomic E-state index is -0.408. The first-order valence-electron chi connectivity index (χ1n) is 7.50. The first kappa shape index (κ1) is 17.0. The molecule has 116 valence electrons. The minimum Gasteiger partial charge on any atom is -0.342 e. The van der Waals surface area contributed by atoms with Gasteiger partial charge in [0.2, 0.25) is 11.8 Å². The number of nitrogens with zero attached hydrogens (tertiary/aromatic N) is 1.